The van der Waals surface area contributed by atoms with Crippen LogP contribution < -0.4 is 0 Å². The minimum Gasteiger partial charge on any atom is -0.440 e. The van der Waals surface area contributed by atoms with Crippen LogP contribution in [0.1, 0.15) is 42.5 Å². The van der Waals surface area contributed by atoms with E-state index in [1.165, 1.54) is 0 Å². The zero-order valence-electron chi connectivity index (χ0n) is 16.1. The predicted molar refractivity (Wildman–Crippen MR) is 98.9 cm³/mol. The number of aryl methyl sites for hydroxylation is 2. The van der Waals surface area contributed by atoms with Crippen molar-refractivity contribution in [2.75, 3.05) is 6.54 Å². The number of hydrogen-bond acceptors (Lipinski definition) is 5. The standard InChI is InChI=1S/C19H24N6O2/c1-12(2)25-16-5-6-23(17(26)11-24-9-13(3)7-21-24)10-15(16)18(22-25)19-20-8-14(4)27-19/h7-9,12H,5-6,10-11H2,1-4H3. The second kappa shape index (κ2) is 6.68. The molecule has 0 aromatic carbocycles. The van der Waals surface area contributed by atoms with Crippen molar-refractivity contribution in [3.05, 3.63) is 41.2 Å². The van der Waals surface area contributed by atoms with Gasteiger partial charge in [-0.3, -0.25) is 14.2 Å². The topological polar surface area (TPSA) is 82.0 Å². The SMILES string of the molecule is Cc1cnn(CC(=O)N2CCc3c(c(-c4ncc(C)o4)nn3C(C)C)C2)c1. The van der Waals surface area contributed by atoms with Gasteiger partial charge in [-0.15, -0.1) is 0 Å². The van der Waals surface area contributed by atoms with E-state index in [1.54, 1.807) is 17.1 Å². The Morgan fingerprint density at radius 2 is 2.11 bits per heavy atom. The third-order valence-corrected chi connectivity index (χ3v) is 4.81. The van der Waals surface area contributed by atoms with E-state index in [9.17, 15) is 4.79 Å². The molecule has 142 valence electrons. The van der Waals surface area contributed by atoms with E-state index in [0.717, 1.165) is 34.7 Å². The first-order chi connectivity index (χ1) is 12.9. The Balaban J connectivity index is 1.63. The zero-order valence-corrected chi connectivity index (χ0v) is 16.1. The largest absolute Gasteiger partial charge is 0.440 e. The number of rotatable bonds is 4. The third kappa shape index (κ3) is 3.27. The molecule has 0 aliphatic carbocycles. The molecule has 8 nitrogen and oxygen atoms in total. The summed E-state index contributed by atoms with van der Waals surface area (Å²) in [5, 5.41) is 8.98. The molecular weight excluding hydrogens is 344 g/mol. The van der Waals surface area contributed by atoms with E-state index in [-0.39, 0.29) is 18.5 Å². The van der Waals surface area contributed by atoms with Crippen molar-refractivity contribution < 1.29 is 9.21 Å². The number of aromatic nitrogens is 5. The summed E-state index contributed by atoms with van der Waals surface area (Å²) < 4.78 is 9.43. The van der Waals surface area contributed by atoms with Crippen LogP contribution in [0.2, 0.25) is 0 Å². The minimum atomic E-state index is 0.0515. The van der Waals surface area contributed by atoms with Gasteiger partial charge in [0.1, 0.15) is 12.3 Å². The van der Waals surface area contributed by atoms with Gasteiger partial charge in [-0.2, -0.15) is 10.2 Å². The number of carbonyl (C=O) groups excluding carboxylic acids is 1. The van der Waals surface area contributed by atoms with Gasteiger partial charge in [0, 0.05) is 43.0 Å². The number of carbonyl (C=O) groups is 1. The molecule has 0 atom stereocenters. The highest BCUT2D eigenvalue weighted by molar-refractivity contribution is 5.76. The Kier molecular flexibility index (Phi) is 4.33. The van der Waals surface area contributed by atoms with E-state index >= 15 is 0 Å². The summed E-state index contributed by atoms with van der Waals surface area (Å²) in [6.07, 6.45) is 6.11. The van der Waals surface area contributed by atoms with E-state index in [4.69, 9.17) is 9.52 Å². The van der Waals surface area contributed by atoms with E-state index in [0.29, 0.717) is 19.0 Å². The molecule has 4 rings (SSSR count). The van der Waals surface area contributed by atoms with Gasteiger partial charge in [-0.1, -0.05) is 0 Å². The van der Waals surface area contributed by atoms with Crippen LogP contribution in [0.5, 0.6) is 0 Å². The van der Waals surface area contributed by atoms with Gasteiger partial charge in [0.15, 0.2) is 5.69 Å². The smallest absolute Gasteiger partial charge is 0.247 e. The number of fused-ring (bicyclic) bond motifs is 1. The van der Waals surface area contributed by atoms with E-state index < -0.39 is 0 Å². The summed E-state index contributed by atoms with van der Waals surface area (Å²) in [4.78, 5) is 19.0. The van der Waals surface area contributed by atoms with Crippen LogP contribution >= 0.6 is 0 Å². The van der Waals surface area contributed by atoms with Crippen molar-refractivity contribution in [1.29, 1.82) is 0 Å². The number of hydrogen-bond donors (Lipinski definition) is 0. The second-order valence-corrected chi connectivity index (χ2v) is 7.37. The van der Waals surface area contributed by atoms with Gasteiger partial charge in [0.05, 0.1) is 12.4 Å². The van der Waals surface area contributed by atoms with Crippen LogP contribution in [0.3, 0.4) is 0 Å². The van der Waals surface area contributed by atoms with Crippen molar-refractivity contribution in [2.45, 2.75) is 53.2 Å². The fraction of sp³-hybridized carbons (Fsp3) is 0.474. The molecule has 1 aliphatic heterocycles. The average molecular weight is 368 g/mol. The van der Waals surface area contributed by atoms with Crippen LogP contribution in [-0.2, 0) is 24.3 Å². The maximum atomic E-state index is 12.8. The molecule has 8 heteroatoms. The molecule has 0 saturated heterocycles. The maximum absolute atomic E-state index is 12.8. The van der Waals surface area contributed by atoms with Crippen molar-refractivity contribution >= 4 is 5.91 Å². The minimum absolute atomic E-state index is 0.0515. The molecule has 0 fully saturated rings. The van der Waals surface area contributed by atoms with Crippen molar-refractivity contribution in [3.8, 4) is 11.6 Å². The first kappa shape index (κ1) is 17.5. The Hall–Kier alpha value is -2.90. The number of oxazole rings is 1. The normalized spacial score (nSPS) is 14.0. The molecule has 27 heavy (non-hydrogen) atoms. The Morgan fingerprint density at radius 1 is 1.30 bits per heavy atom. The van der Waals surface area contributed by atoms with E-state index in [1.807, 2.05) is 29.6 Å². The number of amides is 1. The van der Waals surface area contributed by atoms with Gasteiger partial charge in [-0.25, -0.2) is 4.98 Å². The molecule has 0 N–H and O–H groups in total. The molecule has 0 bridgehead atoms. The van der Waals surface area contributed by atoms with Crippen LogP contribution in [0, 0.1) is 13.8 Å². The van der Waals surface area contributed by atoms with Gasteiger partial charge in [-0.05, 0) is 33.3 Å². The van der Waals surface area contributed by atoms with Crippen molar-refractivity contribution in [3.63, 3.8) is 0 Å². The molecule has 1 aliphatic rings. The molecule has 0 unspecified atom stereocenters. The van der Waals surface area contributed by atoms with Gasteiger partial charge in [0.2, 0.25) is 11.8 Å². The highest BCUT2D eigenvalue weighted by atomic mass is 16.4. The highest BCUT2D eigenvalue weighted by Gasteiger charge is 2.30. The van der Waals surface area contributed by atoms with E-state index in [2.05, 4.69) is 23.9 Å². The predicted octanol–water partition coefficient (Wildman–Crippen LogP) is 2.52. The summed E-state index contributed by atoms with van der Waals surface area (Å²) in [5.41, 5.74) is 3.97. The summed E-state index contributed by atoms with van der Waals surface area (Å²) in [6, 6.07) is 0.234. The lowest BCUT2D eigenvalue weighted by Gasteiger charge is -2.28. The monoisotopic (exact) mass is 368 g/mol. The Bertz CT molecular complexity index is 980. The van der Waals surface area contributed by atoms with Gasteiger partial charge < -0.3 is 9.32 Å². The molecule has 3 aromatic rings. The summed E-state index contributed by atoms with van der Waals surface area (Å²) in [7, 11) is 0. The lowest BCUT2D eigenvalue weighted by Crippen LogP contribution is -2.38. The van der Waals surface area contributed by atoms with Crippen LogP contribution in [0.4, 0.5) is 0 Å². The zero-order chi connectivity index (χ0) is 19.1. The Labute approximate surface area is 157 Å². The van der Waals surface area contributed by atoms with Gasteiger partial charge >= 0.3 is 0 Å². The fourth-order valence-electron chi connectivity index (χ4n) is 3.51. The lowest BCUT2D eigenvalue weighted by molar-refractivity contribution is -0.133. The molecule has 1 amide bonds. The fourth-order valence-corrected chi connectivity index (χ4v) is 3.51. The lowest BCUT2D eigenvalue weighted by atomic mass is 10.0. The van der Waals surface area contributed by atoms with Crippen molar-refractivity contribution in [2.24, 2.45) is 0 Å². The van der Waals surface area contributed by atoms with Crippen LogP contribution in [0.25, 0.3) is 11.6 Å². The van der Waals surface area contributed by atoms with Crippen molar-refractivity contribution in [1.82, 2.24) is 29.4 Å². The van der Waals surface area contributed by atoms with Crippen LogP contribution in [0.15, 0.2) is 23.0 Å². The maximum Gasteiger partial charge on any atom is 0.247 e. The molecule has 0 radical (unpaired) electrons. The molecule has 3 aromatic heterocycles. The van der Waals surface area contributed by atoms with Crippen LogP contribution in [-0.4, -0.2) is 41.9 Å². The Morgan fingerprint density at radius 3 is 2.74 bits per heavy atom. The molecular formula is C19H24N6O2. The first-order valence-corrected chi connectivity index (χ1v) is 9.22. The van der Waals surface area contributed by atoms with Gasteiger partial charge in [0.25, 0.3) is 0 Å². The highest BCUT2D eigenvalue weighted by Crippen LogP contribution is 2.31. The average Bonchev–Trinajstić information content (AvgIpc) is 3.32. The third-order valence-electron chi connectivity index (χ3n) is 4.81. The second-order valence-electron chi connectivity index (χ2n) is 7.37. The number of nitrogens with zero attached hydrogens (tertiary/aromatic N) is 6. The summed E-state index contributed by atoms with van der Waals surface area (Å²) in [6.45, 7) is 9.47. The molecule has 0 saturated carbocycles. The summed E-state index contributed by atoms with van der Waals surface area (Å²) in [5.74, 6) is 1.31. The quantitative estimate of drug-likeness (QED) is 0.707. The molecule has 4 heterocycles. The molecule has 0 spiro atoms. The first-order valence-electron chi connectivity index (χ1n) is 9.22. The summed E-state index contributed by atoms with van der Waals surface area (Å²) >= 11 is 0.